The van der Waals surface area contributed by atoms with Gasteiger partial charge in [0.05, 0.1) is 24.0 Å². The quantitative estimate of drug-likeness (QED) is 0.919. The second-order valence-corrected chi connectivity index (χ2v) is 5.56. The van der Waals surface area contributed by atoms with E-state index in [1.807, 2.05) is 0 Å². The van der Waals surface area contributed by atoms with Crippen LogP contribution in [0.4, 0.5) is 13.2 Å². The van der Waals surface area contributed by atoms with Gasteiger partial charge < -0.3 is 10.5 Å². The molecule has 1 saturated heterocycles. The van der Waals surface area contributed by atoms with Crippen molar-refractivity contribution in [3.05, 3.63) is 35.4 Å². The summed E-state index contributed by atoms with van der Waals surface area (Å²) in [4.78, 5) is 0. The van der Waals surface area contributed by atoms with Crippen molar-refractivity contribution >= 4 is 11.8 Å². The molecule has 1 aromatic carbocycles. The number of rotatable bonds is 4. The van der Waals surface area contributed by atoms with Gasteiger partial charge in [-0.05, 0) is 17.7 Å². The summed E-state index contributed by atoms with van der Waals surface area (Å²) in [6.07, 6.45) is -4.31. The predicted molar refractivity (Wildman–Crippen MR) is 65.4 cm³/mol. The zero-order valence-corrected chi connectivity index (χ0v) is 10.4. The lowest BCUT2D eigenvalue weighted by Gasteiger charge is -2.26. The topological polar surface area (TPSA) is 35.2 Å². The maximum Gasteiger partial charge on any atom is 0.416 e. The van der Waals surface area contributed by atoms with Crippen LogP contribution >= 0.6 is 11.8 Å². The molecular weight excluding hydrogens is 263 g/mol. The third-order valence-corrected chi connectivity index (χ3v) is 4.06. The van der Waals surface area contributed by atoms with Crippen LogP contribution in [0.15, 0.2) is 24.3 Å². The molecule has 0 spiro atoms. The van der Waals surface area contributed by atoms with Crippen LogP contribution in [0.3, 0.4) is 0 Å². The molecule has 0 aliphatic carbocycles. The fourth-order valence-corrected chi connectivity index (χ4v) is 2.65. The summed E-state index contributed by atoms with van der Waals surface area (Å²) >= 11 is 1.65. The Morgan fingerprint density at radius 3 is 2.67 bits per heavy atom. The minimum absolute atomic E-state index is 0.377. The second kappa shape index (κ2) is 5.50. The lowest BCUT2D eigenvalue weighted by molar-refractivity contribution is -0.137. The Hall–Kier alpha value is -0.720. The predicted octanol–water partition coefficient (Wildman–Crippen LogP) is 2.84. The average molecular weight is 277 g/mol. The van der Waals surface area contributed by atoms with Crippen molar-refractivity contribution in [2.75, 3.05) is 19.0 Å². The van der Waals surface area contributed by atoms with Gasteiger partial charge in [-0.2, -0.15) is 24.9 Å². The van der Waals surface area contributed by atoms with Crippen molar-refractivity contribution < 1.29 is 17.9 Å². The van der Waals surface area contributed by atoms with Crippen molar-refractivity contribution in [1.82, 2.24) is 0 Å². The van der Waals surface area contributed by atoms with E-state index in [2.05, 4.69) is 0 Å². The monoisotopic (exact) mass is 277 g/mol. The van der Waals surface area contributed by atoms with Gasteiger partial charge >= 0.3 is 6.18 Å². The fraction of sp³-hybridized carbons (Fsp3) is 0.500. The molecule has 0 saturated carbocycles. The Kier molecular flexibility index (Phi) is 4.19. The molecule has 2 N–H and O–H groups in total. The van der Waals surface area contributed by atoms with Crippen molar-refractivity contribution in [3.8, 4) is 0 Å². The van der Waals surface area contributed by atoms with E-state index in [4.69, 9.17) is 10.5 Å². The van der Waals surface area contributed by atoms with Crippen LogP contribution in [0.5, 0.6) is 0 Å². The average Bonchev–Trinajstić information content (AvgIpc) is 2.26. The normalized spacial score (nSPS) is 18.4. The molecule has 1 unspecified atom stereocenters. The van der Waals surface area contributed by atoms with Crippen molar-refractivity contribution in [1.29, 1.82) is 0 Å². The summed E-state index contributed by atoms with van der Waals surface area (Å²) in [6, 6.07) is 4.84. The molecule has 1 aromatic rings. The Bertz CT molecular complexity index is 407. The van der Waals surface area contributed by atoms with Crippen LogP contribution in [-0.2, 0) is 10.9 Å². The molecule has 0 aromatic heterocycles. The molecule has 0 radical (unpaired) electrons. The van der Waals surface area contributed by atoms with E-state index >= 15 is 0 Å². The second-order valence-electron chi connectivity index (χ2n) is 4.22. The number of hydrogen-bond acceptors (Lipinski definition) is 3. The van der Waals surface area contributed by atoms with Gasteiger partial charge in [0.15, 0.2) is 0 Å². The van der Waals surface area contributed by atoms with Crippen LogP contribution in [0.25, 0.3) is 0 Å². The lowest BCUT2D eigenvalue weighted by Crippen LogP contribution is -2.31. The summed E-state index contributed by atoms with van der Waals surface area (Å²) in [7, 11) is 0. The van der Waals surface area contributed by atoms with Crippen LogP contribution < -0.4 is 5.73 Å². The Morgan fingerprint density at radius 1 is 1.39 bits per heavy atom. The zero-order valence-electron chi connectivity index (χ0n) is 9.61. The van der Waals surface area contributed by atoms with E-state index in [-0.39, 0.29) is 6.04 Å². The van der Waals surface area contributed by atoms with Crippen molar-refractivity contribution in [3.63, 3.8) is 0 Å². The van der Waals surface area contributed by atoms with Crippen LogP contribution in [-0.4, -0.2) is 24.2 Å². The SMILES string of the molecule is NC(CSC1COC1)c1cccc(C(F)(F)F)c1. The molecule has 2 nitrogen and oxygen atoms in total. The van der Waals surface area contributed by atoms with E-state index in [0.29, 0.717) is 29.8 Å². The molecule has 0 bridgehead atoms. The molecular formula is C12H14F3NOS. The molecule has 1 aliphatic heterocycles. The van der Waals surface area contributed by atoms with Crippen LogP contribution in [0.1, 0.15) is 17.2 Å². The van der Waals surface area contributed by atoms with E-state index in [1.54, 1.807) is 17.8 Å². The maximum atomic E-state index is 12.5. The number of alkyl halides is 3. The number of ether oxygens (including phenoxy) is 1. The van der Waals surface area contributed by atoms with Crippen LogP contribution in [0, 0.1) is 0 Å². The molecule has 100 valence electrons. The summed E-state index contributed by atoms with van der Waals surface area (Å²) < 4.78 is 42.7. The van der Waals surface area contributed by atoms with Crippen molar-refractivity contribution in [2.45, 2.75) is 17.5 Å². The van der Waals surface area contributed by atoms with Crippen molar-refractivity contribution in [2.24, 2.45) is 5.73 Å². The van der Waals surface area contributed by atoms with Gasteiger partial charge in [0.2, 0.25) is 0 Å². The molecule has 1 fully saturated rings. The van der Waals surface area contributed by atoms with E-state index in [9.17, 15) is 13.2 Å². The number of nitrogens with two attached hydrogens (primary N) is 1. The van der Waals surface area contributed by atoms with E-state index in [1.165, 1.54) is 6.07 Å². The standard InChI is InChI=1S/C12H14F3NOS/c13-12(14,15)9-3-1-2-8(4-9)11(16)7-18-10-5-17-6-10/h1-4,10-11H,5-7,16H2. The molecule has 1 aliphatic rings. The third-order valence-electron chi connectivity index (χ3n) is 2.76. The number of hydrogen-bond donors (Lipinski definition) is 1. The van der Waals surface area contributed by atoms with E-state index < -0.39 is 11.7 Å². The fourth-order valence-electron chi connectivity index (χ4n) is 1.59. The molecule has 0 amide bonds. The van der Waals surface area contributed by atoms with Crippen LogP contribution in [0.2, 0.25) is 0 Å². The highest BCUT2D eigenvalue weighted by Crippen LogP contribution is 2.31. The summed E-state index contributed by atoms with van der Waals surface area (Å²) in [6.45, 7) is 1.42. The number of benzene rings is 1. The lowest BCUT2D eigenvalue weighted by atomic mass is 10.1. The third kappa shape index (κ3) is 3.40. The van der Waals surface area contributed by atoms with Gasteiger partial charge in [-0.1, -0.05) is 12.1 Å². The molecule has 18 heavy (non-hydrogen) atoms. The highest BCUT2D eigenvalue weighted by atomic mass is 32.2. The first-order chi connectivity index (χ1) is 8.47. The zero-order chi connectivity index (χ0) is 13.2. The first kappa shape index (κ1) is 13.7. The largest absolute Gasteiger partial charge is 0.416 e. The van der Waals surface area contributed by atoms with Gasteiger partial charge in [0.25, 0.3) is 0 Å². The Labute approximate surface area is 108 Å². The molecule has 1 heterocycles. The van der Waals surface area contributed by atoms with Gasteiger partial charge in [-0.3, -0.25) is 0 Å². The minimum atomic E-state index is -4.31. The van der Waals surface area contributed by atoms with Gasteiger partial charge in [0.1, 0.15) is 0 Å². The smallest absolute Gasteiger partial charge is 0.379 e. The maximum absolute atomic E-state index is 12.5. The van der Waals surface area contributed by atoms with Gasteiger partial charge in [0, 0.05) is 11.8 Å². The van der Waals surface area contributed by atoms with E-state index in [0.717, 1.165) is 12.1 Å². The van der Waals surface area contributed by atoms with Gasteiger partial charge in [-0.15, -0.1) is 0 Å². The minimum Gasteiger partial charge on any atom is -0.379 e. The Balaban J connectivity index is 1.98. The summed E-state index contributed by atoms with van der Waals surface area (Å²) in [5.41, 5.74) is 5.78. The highest BCUT2D eigenvalue weighted by Gasteiger charge is 2.30. The number of thioether (sulfide) groups is 1. The molecule has 2 rings (SSSR count). The Morgan fingerprint density at radius 2 is 2.11 bits per heavy atom. The summed E-state index contributed by atoms with van der Waals surface area (Å²) in [5.74, 6) is 0.606. The summed E-state index contributed by atoms with van der Waals surface area (Å²) in [5, 5.41) is 0.432. The first-order valence-corrected chi connectivity index (χ1v) is 6.64. The molecule has 1 atom stereocenters. The molecule has 6 heteroatoms. The first-order valence-electron chi connectivity index (χ1n) is 5.59. The van der Waals surface area contributed by atoms with Gasteiger partial charge in [-0.25, -0.2) is 0 Å². The highest BCUT2D eigenvalue weighted by molar-refractivity contribution is 8.00. The number of halogens is 3.